The Kier molecular flexibility index (Phi) is 6.43. The number of nitrogens with zero attached hydrogens (tertiary/aromatic N) is 6. The van der Waals surface area contributed by atoms with E-state index in [0.29, 0.717) is 11.4 Å². The topological polar surface area (TPSA) is 68.4 Å². The number of oxime groups is 1. The zero-order valence-electron chi connectivity index (χ0n) is 24.1. The fraction of sp³-hybridized carbons (Fsp3) is 0.143. The van der Waals surface area contributed by atoms with Crippen LogP contribution < -0.4 is 4.90 Å². The maximum absolute atomic E-state index is 6.70. The average molecular weight is 615 g/mol. The molecule has 2 aromatic heterocycles. The Morgan fingerprint density at radius 2 is 1.70 bits per heavy atom. The number of thioether (sulfide) groups is 1. The quantitative estimate of drug-likeness (QED) is 0.199. The van der Waals surface area contributed by atoms with Crippen molar-refractivity contribution in [2.75, 3.05) is 4.90 Å². The van der Waals surface area contributed by atoms with Crippen LogP contribution in [0.2, 0.25) is 5.02 Å². The number of para-hydroxylation sites is 1. The van der Waals surface area contributed by atoms with Crippen LogP contribution in [0, 0.1) is 13.8 Å². The molecule has 2 aliphatic rings. The van der Waals surface area contributed by atoms with Crippen LogP contribution >= 0.6 is 23.4 Å². The van der Waals surface area contributed by atoms with Gasteiger partial charge in [0.1, 0.15) is 12.7 Å². The first-order valence-electron chi connectivity index (χ1n) is 14.4. The first-order chi connectivity index (χ1) is 21.5. The van der Waals surface area contributed by atoms with Gasteiger partial charge in [-0.3, -0.25) is 4.90 Å². The molecular formula is C35H27ClN6OS. The van der Waals surface area contributed by atoms with E-state index in [1.54, 1.807) is 29.1 Å². The second kappa shape index (κ2) is 10.5. The third-order valence-electron chi connectivity index (χ3n) is 8.26. The van der Waals surface area contributed by atoms with Gasteiger partial charge < -0.3 is 4.84 Å². The molecule has 2 unspecified atom stereocenters. The molecule has 6 aromatic rings. The highest BCUT2D eigenvalue weighted by atomic mass is 35.5. The van der Waals surface area contributed by atoms with Crippen molar-refractivity contribution in [1.29, 1.82) is 0 Å². The summed E-state index contributed by atoms with van der Waals surface area (Å²) in [4.78, 5) is 19.5. The van der Waals surface area contributed by atoms with Crippen LogP contribution in [0.25, 0.3) is 16.7 Å². The van der Waals surface area contributed by atoms with Gasteiger partial charge in [0.15, 0.2) is 11.7 Å². The largest absolute Gasteiger partial charge is 0.360 e. The van der Waals surface area contributed by atoms with Crippen LogP contribution in [0.15, 0.2) is 120 Å². The lowest BCUT2D eigenvalue weighted by molar-refractivity contribution is -0.0283. The van der Waals surface area contributed by atoms with Crippen molar-refractivity contribution in [3.8, 4) is 5.82 Å². The minimum atomic E-state index is -0.962. The Balaban J connectivity index is 1.37. The van der Waals surface area contributed by atoms with E-state index in [4.69, 9.17) is 26.6 Å². The Labute approximate surface area is 264 Å². The van der Waals surface area contributed by atoms with Crippen LogP contribution in [-0.2, 0) is 10.6 Å². The third kappa shape index (κ3) is 4.44. The van der Waals surface area contributed by atoms with E-state index in [0.717, 1.165) is 49.8 Å². The van der Waals surface area contributed by atoms with Gasteiger partial charge in [-0.1, -0.05) is 82.5 Å². The monoisotopic (exact) mass is 614 g/mol. The Bertz CT molecular complexity index is 2050. The van der Waals surface area contributed by atoms with Crippen molar-refractivity contribution in [3.63, 3.8) is 0 Å². The predicted octanol–water partition coefficient (Wildman–Crippen LogP) is 8.37. The predicted molar refractivity (Wildman–Crippen MR) is 175 cm³/mol. The molecule has 4 heterocycles. The number of aromatic nitrogens is 4. The molecule has 4 aromatic carbocycles. The van der Waals surface area contributed by atoms with E-state index in [-0.39, 0.29) is 5.25 Å². The van der Waals surface area contributed by atoms with Gasteiger partial charge in [0.05, 0.1) is 11.2 Å². The number of rotatable bonds is 4. The lowest BCUT2D eigenvalue weighted by Gasteiger charge is -2.38. The minimum absolute atomic E-state index is 0.0963. The number of fused-ring (bicyclic) bond motifs is 4. The fourth-order valence-electron chi connectivity index (χ4n) is 6.10. The Morgan fingerprint density at radius 1 is 0.909 bits per heavy atom. The summed E-state index contributed by atoms with van der Waals surface area (Å²) in [5.41, 5.74) is 6.31. The van der Waals surface area contributed by atoms with E-state index in [9.17, 15) is 0 Å². The van der Waals surface area contributed by atoms with E-state index >= 15 is 0 Å². The molecule has 216 valence electrons. The highest BCUT2D eigenvalue weighted by molar-refractivity contribution is 7.99. The third-order valence-corrected chi connectivity index (χ3v) is 9.82. The van der Waals surface area contributed by atoms with Crippen molar-refractivity contribution in [2.24, 2.45) is 5.16 Å². The van der Waals surface area contributed by atoms with Gasteiger partial charge >= 0.3 is 0 Å². The SMILES string of the molecule is Cc1ccc(C2=NOC3(c4ccc(Cl)cc4)CC(c4cc5cc(C)ccc5nc4-n4cncn4)Sc4ccccc4N23)cc1. The van der Waals surface area contributed by atoms with Gasteiger partial charge in [-0.15, -0.1) is 11.8 Å². The number of hydrogen-bond donors (Lipinski definition) is 0. The van der Waals surface area contributed by atoms with Gasteiger partial charge in [-0.25, -0.2) is 14.6 Å². The number of benzene rings is 4. The second-order valence-electron chi connectivity index (χ2n) is 11.2. The van der Waals surface area contributed by atoms with Crippen molar-refractivity contribution < 1.29 is 4.84 Å². The normalized spacial score (nSPS) is 19.2. The maximum Gasteiger partial charge on any atom is 0.242 e. The molecule has 0 amide bonds. The average Bonchev–Trinajstić information content (AvgIpc) is 3.68. The van der Waals surface area contributed by atoms with Gasteiger partial charge in [-0.2, -0.15) is 5.10 Å². The first kappa shape index (κ1) is 26.9. The van der Waals surface area contributed by atoms with Gasteiger partial charge in [0.2, 0.25) is 5.72 Å². The second-order valence-corrected chi connectivity index (χ2v) is 12.9. The first-order valence-corrected chi connectivity index (χ1v) is 15.7. The summed E-state index contributed by atoms with van der Waals surface area (Å²) in [5, 5.41) is 11.0. The van der Waals surface area contributed by atoms with Crippen LogP contribution in [0.1, 0.15) is 39.5 Å². The summed E-state index contributed by atoms with van der Waals surface area (Å²) in [6.07, 6.45) is 3.81. The summed E-state index contributed by atoms with van der Waals surface area (Å²) < 4.78 is 1.75. The van der Waals surface area contributed by atoms with Crippen molar-refractivity contribution in [1.82, 2.24) is 19.7 Å². The molecule has 0 radical (unpaired) electrons. The Hall–Kier alpha value is -4.66. The molecular weight excluding hydrogens is 588 g/mol. The molecule has 0 bridgehead atoms. The number of amidine groups is 1. The van der Waals surface area contributed by atoms with E-state index < -0.39 is 5.72 Å². The molecule has 0 saturated carbocycles. The van der Waals surface area contributed by atoms with E-state index in [1.165, 1.54) is 11.1 Å². The van der Waals surface area contributed by atoms with Gasteiger partial charge in [-0.05, 0) is 56.3 Å². The summed E-state index contributed by atoms with van der Waals surface area (Å²) in [5.74, 6) is 1.50. The standard InChI is InChI=1S/C35H27ClN6OS/c1-22-7-10-24(11-8-22)33-40-43-35(26-12-14-27(36)15-13-26)19-32(44-31-6-4-3-5-30(31)42(33)35)28-18-25-17-23(2)9-16-29(25)39-34(28)41-21-37-20-38-41/h3-18,20-21,32H,19H2,1-2H3. The number of pyridine rings is 1. The number of aryl methyl sites for hydroxylation is 2. The maximum atomic E-state index is 6.70. The molecule has 0 N–H and O–H groups in total. The molecule has 7 nitrogen and oxygen atoms in total. The fourth-order valence-corrected chi connectivity index (χ4v) is 7.58. The van der Waals surface area contributed by atoms with Crippen molar-refractivity contribution in [3.05, 3.63) is 143 Å². The molecule has 2 atom stereocenters. The molecule has 0 aliphatic carbocycles. The van der Waals surface area contributed by atoms with Crippen molar-refractivity contribution in [2.45, 2.75) is 36.1 Å². The number of hydrogen-bond acceptors (Lipinski definition) is 7. The summed E-state index contributed by atoms with van der Waals surface area (Å²) >= 11 is 8.21. The lowest BCUT2D eigenvalue weighted by atomic mass is 9.91. The van der Waals surface area contributed by atoms with E-state index in [1.807, 2.05) is 24.3 Å². The smallest absolute Gasteiger partial charge is 0.242 e. The molecule has 0 saturated heterocycles. The minimum Gasteiger partial charge on any atom is -0.360 e. The zero-order chi connectivity index (χ0) is 29.8. The van der Waals surface area contributed by atoms with E-state index in [2.05, 4.69) is 102 Å². The molecule has 0 spiro atoms. The number of anilines is 1. The molecule has 9 heteroatoms. The summed E-state index contributed by atoms with van der Waals surface area (Å²) in [7, 11) is 0. The number of halogens is 1. The molecule has 8 rings (SSSR count). The van der Waals surface area contributed by atoms with Crippen LogP contribution in [0.3, 0.4) is 0 Å². The van der Waals surface area contributed by atoms with Crippen LogP contribution in [-0.4, -0.2) is 25.6 Å². The molecule has 44 heavy (non-hydrogen) atoms. The Morgan fingerprint density at radius 3 is 2.50 bits per heavy atom. The highest BCUT2D eigenvalue weighted by Gasteiger charge is 2.53. The van der Waals surface area contributed by atoms with Gasteiger partial charge in [0.25, 0.3) is 0 Å². The molecule has 2 aliphatic heterocycles. The van der Waals surface area contributed by atoms with Crippen molar-refractivity contribution >= 4 is 45.8 Å². The zero-order valence-corrected chi connectivity index (χ0v) is 25.6. The highest BCUT2D eigenvalue weighted by Crippen LogP contribution is 2.57. The lowest BCUT2D eigenvalue weighted by Crippen LogP contribution is -2.47. The van der Waals surface area contributed by atoms with Crippen LogP contribution in [0.4, 0.5) is 5.69 Å². The van der Waals surface area contributed by atoms with Gasteiger partial charge in [0, 0.05) is 43.7 Å². The summed E-state index contributed by atoms with van der Waals surface area (Å²) in [6, 6.07) is 33.4. The van der Waals surface area contributed by atoms with Crippen LogP contribution in [0.5, 0.6) is 0 Å². The molecule has 0 fully saturated rings. The summed E-state index contributed by atoms with van der Waals surface area (Å²) in [6.45, 7) is 4.19.